The summed E-state index contributed by atoms with van der Waals surface area (Å²) in [5.74, 6) is 0.425. The highest BCUT2D eigenvalue weighted by Gasteiger charge is 2.36. The highest BCUT2D eigenvalue weighted by Crippen LogP contribution is 2.21. The molecule has 10 N–H and O–H groups in total. The van der Waals surface area contributed by atoms with E-state index < -0.39 is 11.1 Å². The van der Waals surface area contributed by atoms with E-state index in [1.807, 2.05) is 18.7 Å². The van der Waals surface area contributed by atoms with Crippen LogP contribution in [0.3, 0.4) is 0 Å². The number of thioether (sulfide) groups is 2. The number of carbonyl (C=O) groups is 3. The summed E-state index contributed by atoms with van der Waals surface area (Å²) in [6.07, 6.45) is 2.56. The summed E-state index contributed by atoms with van der Waals surface area (Å²) in [5.41, 5.74) is 19.7. The highest BCUT2D eigenvalue weighted by atomic mass is 32.2. The Morgan fingerprint density at radius 1 is 0.836 bits per heavy atom. The number of cyclic esters (lactones) is 1. The third kappa shape index (κ3) is 28.4. The summed E-state index contributed by atoms with van der Waals surface area (Å²) in [5, 5.41) is 5.36. The quantitative estimate of drug-likeness (QED) is 0.0862. The van der Waals surface area contributed by atoms with E-state index in [0.717, 1.165) is 63.3 Å². The smallest absolute Gasteiger partial charge is 0.340 e. The second kappa shape index (κ2) is 35.5. The Kier molecular flexibility index (Phi) is 38.7. The van der Waals surface area contributed by atoms with Gasteiger partial charge in [-0.15, -0.1) is 0 Å². The average molecular weight is 859 g/mol. The van der Waals surface area contributed by atoms with Crippen molar-refractivity contribution >= 4 is 80.3 Å². The van der Waals surface area contributed by atoms with Gasteiger partial charge in [-0.25, -0.2) is 9.79 Å². The zero-order valence-electron chi connectivity index (χ0n) is 33.5. The maximum Gasteiger partial charge on any atom is 0.340 e. The van der Waals surface area contributed by atoms with Gasteiger partial charge in [-0.1, -0.05) is 62.8 Å². The van der Waals surface area contributed by atoms with Gasteiger partial charge >= 0.3 is 5.97 Å². The highest BCUT2D eigenvalue weighted by molar-refractivity contribution is 8.23. The van der Waals surface area contributed by atoms with Gasteiger partial charge in [0.05, 0.1) is 11.5 Å². The largest absolute Gasteiger partial charge is 0.409 e. The van der Waals surface area contributed by atoms with Gasteiger partial charge in [-0.05, 0) is 68.2 Å². The first-order valence-electron chi connectivity index (χ1n) is 18.4. The molecule has 1 fully saturated rings. The Bertz CT molecular complexity index is 1070. The van der Waals surface area contributed by atoms with E-state index >= 15 is 0 Å². The molecule has 19 heteroatoms. The number of nitrogens with zero attached hydrogens (tertiary/aromatic N) is 4. The van der Waals surface area contributed by atoms with Crippen LogP contribution in [0.25, 0.3) is 0 Å². The zero-order valence-corrected chi connectivity index (χ0v) is 36.8. The zero-order chi connectivity index (χ0) is 40.9. The number of thiocarbonyl (C=S) groups is 2. The number of nitrogens with one attached hydrogen (secondary N) is 2. The number of rotatable bonds is 18. The van der Waals surface area contributed by atoms with Gasteiger partial charge < -0.3 is 52.8 Å². The third-order valence-electron chi connectivity index (χ3n) is 7.42. The lowest BCUT2D eigenvalue weighted by Crippen LogP contribution is -2.55. The number of nitrogens with two attached hydrogens (primary N) is 4. The van der Waals surface area contributed by atoms with E-state index in [1.165, 1.54) is 36.4 Å². The lowest BCUT2D eigenvalue weighted by molar-refractivity contribution is -0.137. The van der Waals surface area contributed by atoms with Crippen molar-refractivity contribution < 1.29 is 23.9 Å². The minimum Gasteiger partial charge on any atom is -0.409 e. The van der Waals surface area contributed by atoms with E-state index in [9.17, 15) is 14.4 Å². The van der Waals surface area contributed by atoms with Crippen molar-refractivity contribution in [3.05, 3.63) is 0 Å². The van der Waals surface area contributed by atoms with Crippen LogP contribution in [-0.4, -0.2) is 161 Å². The molecule has 0 unspecified atom stereocenters. The number of amides is 2. The van der Waals surface area contributed by atoms with Crippen LogP contribution >= 0.6 is 48.0 Å². The Morgan fingerprint density at radius 2 is 1.29 bits per heavy atom. The molecule has 2 rings (SSSR count). The van der Waals surface area contributed by atoms with E-state index in [0.29, 0.717) is 48.7 Å². The second-order valence-electron chi connectivity index (χ2n) is 12.7. The molecule has 2 amide bonds. The summed E-state index contributed by atoms with van der Waals surface area (Å²) >= 11 is 13.3. The monoisotopic (exact) mass is 859 g/mol. The molecule has 0 aliphatic carbocycles. The topological polar surface area (TPSA) is 220 Å². The Balaban J connectivity index is -0.000000341. The number of ether oxygens (including phenoxy) is 2. The molecular weight excluding hydrogens is 781 g/mol. The van der Waals surface area contributed by atoms with Crippen molar-refractivity contribution in [1.29, 1.82) is 0 Å². The van der Waals surface area contributed by atoms with Crippen LogP contribution in [-0.2, 0) is 23.9 Å². The van der Waals surface area contributed by atoms with Crippen LogP contribution in [0.4, 0.5) is 0 Å². The van der Waals surface area contributed by atoms with Crippen molar-refractivity contribution in [3.8, 4) is 0 Å². The van der Waals surface area contributed by atoms with Crippen molar-refractivity contribution in [2.24, 2.45) is 27.9 Å². The van der Waals surface area contributed by atoms with E-state index in [-0.39, 0.29) is 38.4 Å². The van der Waals surface area contributed by atoms with E-state index in [4.69, 9.17) is 56.8 Å². The molecule has 55 heavy (non-hydrogen) atoms. The van der Waals surface area contributed by atoms with Crippen LogP contribution < -0.4 is 33.6 Å². The molecule has 0 aromatic rings. The standard InChI is InChI=1S/C13H26N4O2S2.C11H18N2O2S2.C6H18N4.C4H8O.2CH4/c1-5-17(6-2)12(20)21-9-10(18)16-13(3,4)11(19)15-8-7-14;1-5-13(6-2)10(16)17-7-8-12-11(3,4)9(14)15-8;7-1-4-10(5-2-8)6-3-9;1-2-4-5-3-1;;/h5-9,14H2,1-4H3,(H,15,19)(H,16,18);5-7H2,1-4H3;1-9H2;1-4H2;2*1H4. The molecule has 0 aromatic heterocycles. The Morgan fingerprint density at radius 3 is 1.64 bits per heavy atom. The summed E-state index contributed by atoms with van der Waals surface area (Å²) in [6.45, 7) is 25.9. The third-order valence-corrected chi connectivity index (χ3v) is 10.4. The molecule has 326 valence electrons. The first kappa shape index (κ1) is 60.0. The maximum atomic E-state index is 11.9. The molecule has 0 atom stereocenters. The van der Waals surface area contributed by atoms with Gasteiger partial charge in [-0.2, -0.15) is 0 Å². The van der Waals surface area contributed by atoms with Crippen LogP contribution in [0.1, 0.15) is 83.1 Å². The van der Waals surface area contributed by atoms with Crippen molar-refractivity contribution in [1.82, 2.24) is 25.3 Å². The predicted molar refractivity (Wildman–Crippen MR) is 245 cm³/mol. The molecule has 0 aromatic carbocycles. The van der Waals surface area contributed by atoms with Crippen LogP contribution in [0.2, 0.25) is 0 Å². The van der Waals surface area contributed by atoms with Crippen molar-refractivity contribution in [2.45, 2.75) is 94.2 Å². The first-order valence-corrected chi connectivity index (χ1v) is 21.2. The average Bonchev–Trinajstić information content (AvgIpc) is 3.78. The molecule has 2 aliphatic heterocycles. The SMILES string of the molecule is C.C.C1CCOC1.CCN(CC)C(=S)SCC(=O)NC(C)(C)C(=O)NCCN.CCN(CC)C(=S)SCC1=NC(C)(C)C(=O)O1.NCCN(CCN)CCN. The minimum atomic E-state index is -0.969. The van der Waals surface area contributed by atoms with Crippen molar-refractivity contribution in [3.63, 3.8) is 0 Å². The summed E-state index contributed by atoms with van der Waals surface area (Å²) < 4.78 is 11.5. The fourth-order valence-electron chi connectivity index (χ4n) is 4.31. The van der Waals surface area contributed by atoms with Gasteiger partial charge in [0.2, 0.25) is 17.7 Å². The fourth-order valence-corrected chi connectivity index (χ4v) is 6.76. The van der Waals surface area contributed by atoms with Gasteiger partial charge in [0, 0.05) is 91.8 Å². The normalized spacial score (nSPS) is 13.8. The van der Waals surface area contributed by atoms with E-state index in [1.54, 1.807) is 27.7 Å². The van der Waals surface area contributed by atoms with Crippen LogP contribution in [0.15, 0.2) is 4.99 Å². The van der Waals surface area contributed by atoms with Crippen molar-refractivity contribution in [2.75, 3.05) is 103 Å². The molecule has 2 aliphatic rings. The lowest BCUT2D eigenvalue weighted by Gasteiger charge is -2.25. The fraction of sp³-hybridized carbons (Fsp3) is 0.833. The molecule has 15 nitrogen and oxygen atoms in total. The second-order valence-corrected chi connectivity index (χ2v) is 15.9. The van der Waals surface area contributed by atoms with Gasteiger partial charge in [0.1, 0.15) is 14.2 Å². The number of aliphatic imine (C=N–C) groups is 1. The van der Waals surface area contributed by atoms with Crippen LogP contribution in [0.5, 0.6) is 0 Å². The minimum absolute atomic E-state index is 0. The molecule has 0 spiro atoms. The Hall–Kier alpha value is -1.68. The Labute approximate surface area is 353 Å². The summed E-state index contributed by atoms with van der Waals surface area (Å²) in [4.78, 5) is 45.7. The number of carbonyl (C=O) groups excluding carboxylic acids is 3. The van der Waals surface area contributed by atoms with Gasteiger partial charge in [-0.3, -0.25) is 14.5 Å². The number of esters is 1. The molecule has 0 bridgehead atoms. The maximum absolute atomic E-state index is 11.9. The molecule has 2 heterocycles. The van der Waals surface area contributed by atoms with Gasteiger partial charge in [0.25, 0.3) is 0 Å². The molecule has 0 saturated carbocycles. The lowest BCUT2D eigenvalue weighted by atomic mass is 10.0. The number of hydrogen-bond donors (Lipinski definition) is 6. The molecule has 1 saturated heterocycles. The summed E-state index contributed by atoms with van der Waals surface area (Å²) in [7, 11) is 0. The van der Waals surface area contributed by atoms with Gasteiger partial charge in [0.15, 0.2) is 5.54 Å². The van der Waals surface area contributed by atoms with E-state index in [2.05, 4.69) is 39.3 Å². The summed E-state index contributed by atoms with van der Waals surface area (Å²) in [6, 6.07) is 0. The first-order chi connectivity index (χ1) is 25.0. The molecular formula is C36H78N10O5S4. The number of hydrogen-bond acceptors (Lipinski definition) is 15. The molecule has 0 radical (unpaired) electrons. The van der Waals surface area contributed by atoms with Crippen LogP contribution in [0, 0.1) is 0 Å². The predicted octanol–water partition coefficient (Wildman–Crippen LogP) is 2.63.